The van der Waals surface area contributed by atoms with Crippen molar-refractivity contribution in [2.45, 2.75) is 44.2 Å². The molecule has 1 heterocycles. The van der Waals surface area contributed by atoms with Gasteiger partial charge in [-0.25, -0.2) is 0 Å². The van der Waals surface area contributed by atoms with Gasteiger partial charge in [0.2, 0.25) is 5.89 Å². The Morgan fingerprint density at radius 3 is 2.45 bits per heavy atom. The fraction of sp³-hybridized carbons (Fsp3) is 0.467. The average Bonchev–Trinajstić information content (AvgIpc) is 2.82. The van der Waals surface area contributed by atoms with Crippen LogP contribution in [0.2, 0.25) is 0 Å². The Morgan fingerprint density at radius 2 is 1.90 bits per heavy atom. The van der Waals surface area contributed by atoms with E-state index in [9.17, 15) is 0 Å². The highest BCUT2D eigenvalue weighted by molar-refractivity contribution is 7.99. The molecule has 2 unspecified atom stereocenters. The highest BCUT2D eigenvalue weighted by Crippen LogP contribution is 2.31. The molecule has 4 nitrogen and oxygen atoms in total. The topological polar surface area (TPSA) is 51.0 Å². The minimum absolute atomic E-state index is 0.262. The zero-order valence-electron chi connectivity index (χ0n) is 12.4. The lowest BCUT2D eigenvalue weighted by atomic mass is 10.0. The van der Waals surface area contributed by atoms with Crippen molar-refractivity contribution >= 4 is 11.8 Å². The first-order valence-electron chi connectivity index (χ1n) is 6.87. The van der Waals surface area contributed by atoms with Crippen LogP contribution in [0.3, 0.4) is 0 Å². The van der Waals surface area contributed by atoms with Crippen LogP contribution in [0.4, 0.5) is 0 Å². The Hall–Kier alpha value is -1.33. The van der Waals surface area contributed by atoms with Gasteiger partial charge in [-0.2, -0.15) is 0 Å². The van der Waals surface area contributed by atoms with Crippen molar-refractivity contribution in [1.29, 1.82) is 0 Å². The minimum Gasteiger partial charge on any atom is -0.416 e. The maximum atomic E-state index is 5.45. The molecule has 2 rings (SSSR count). The molecule has 20 heavy (non-hydrogen) atoms. The number of hydrogen-bond acceptors (Lipinski definition) is 5. The minimum atomic E-state index is 0.262. The summed E-state index contributed by atoms with van der Waals surface area (Å²) in [5, 5.41) is 12.4. The van der Waals surface area contributed by atoms with E-state index in [1.54, 1.807) is 11.8 Å². The van der Waals surface area contributed by atoms with Gasteiger partial charge >= 0.3 is 0 Å². The van der Waals surface area contributed by atoms with E-state index in [-0.39, 0.29) is 6.04 Å². The van der Waals surface area contributed by atoms with Crippen molar-refractivity contribution in [2.75, 3.05) is 6.54 Å². The van der Waals surface area contributed by atoms with Crippen LogP contribution in [-0.2, 0) is 0 Å². The molecular weight excluding hydrogens is 270 g/mol. The van der Waals surface area contributed by atoms with Crippen LogP contribution >= 0.6 is 11.8 Å². The largest absolute Gasteiger partial charge is 0.416 e. The first kappa shape index (κ1) is 15.1. The van der Waals surface area contributed by atoms with Gasteiger partial charge in [0, 0.05) is 18.2 Å². The lowest BCUT2D eigenvalue weighted by molar-refractivity contribution is 0.426. The summed E-state index contributed by atoms with van der Waals surface area (Å²) in [6.07, 6.45) is 0. The van der Waals surface area contributed by atoms with Gasteiger partial charge in [-0.05, 0) is 19.0 Å². The summed E-state index contributed by atoms with van der Waals surface area (Å²) in [5.41, 5.74) is 2.56. The van der Waals surface area contributed by atoms with Gasteiger partial charge in [0.25, 0.3) is 5.22 Å². The Balaban J connectivity index is 2.12. The normalized spacial score (nSPS) is 14.2. The third-order valence-electron chi connectivity index (χ3n) is 3.12. The molecule has 2 atom stereocenters. The second-order valence-electron chi connectivity index (χ2n) is 4.86. The fourth-order valence-electron chi connectivity index (χ4n) is 2.10. The third kappa shape index (κ3) is 3.84. The molecule has 0 aliphatic heterocycles. The molecule has 1 N–H and O–H groups in total. The summed E-state index contributed by atoms with van der Waals surface area (Å²) in [6.45, 7) is 9.13. The van der Waals surface area contributed by atoms with Crippen molar-refractivity contribution in [3.63, 3.8) is 0 Å². The van der Waals surface area contributed by atoms with Gasteiger partial charge < -0.3 is 9.73 Å². The number of benzene rings is 1. The summed E-state index contributed by atoms with van der Waals surface area (Å²) in [5.74, 6) is 0.607. The van der Waals surface area contributed by atoms with E-state index in [1.165, 1.54) is 11.1 Å². The highest BCUT2D eigenvalue weighted by atomic mass is 32.2. The fourth-order valence-corrected chi connectivity index (χ4v) is 3.07. The molecule has 0 spiro atoms. The van der Waals surface area contributed by atoms with Crippen molar-refractivity contribution in [3.05, 3.63) is 41.3 Å². The average molecular weight is 291 g/mol. The molecular formula is C15H21N3OS. The molecule has 0 fully saturated rings. The maximum absolute atomic E-state index is 5.45. The first-order chi connectivity index (χ1) is 9.60. The van der Waals surface area contributed by atoms with Crippen LogP contribution in [0.25, 0.3) is 0 Å². The summed E-state index contributed by atoms with van der Waals surface area (Å²) in [7, 11) is 0. The summed E-state index contributed by atoms with van der Waals surface area (Å²) >= 11 is 1.61. The third-order valence-corrected chi connectivity index (χ3v) is 4.13. The monoisotopic (exact) mass is 291 g/mol. The van der Waals surface area contributed by atoms with Crippen LogP contribution < -0.4 is 5.32 Å². The molecule has 0 aliphatic carbocycles. The molecule has 5 heteroatoms. The number of aryl methyl sites for hydroxylation is 2. The van der Waals surface area contributed by atoms with E-state index in [0.29, 0.717) is 16.4 Å². The Bertz CT molecular complexity index is 538. The molecule has 0 bridgehead atoms. The van der Waals surface area contributed by atoms with Gasteiger partial charge in [0.15, 0.2) is 0 Å². The molecule has 0 saturated carbocycles. The second kappa shape index (κ2) is 6.90. The number of nitrogens with zero attached hydrogens (tertiary/aromatic N) is 2. The van der Waals surface area contributed by atoms with Crippen molar-refractivity contribution in [2.24, 2.45) is 0 Å². The molecule has 0 saturated heterocycles. The van der Waals surface area contributed by atoms with Crippen LogP contribution in [0, 0.1) is 13.8 Å². The standard InChI is InChI=1S/C15H21N3OS/c1-5-16-14(13-8-6-10(2)7-9-13)11(3)20-15-18-17-12(4)19-15/h6-9,11,14,16H,5H2,1-4H3. The number of aromatic nitrogens is 2. The zero-order valence-corrected chi connectivity index (χ0v) is 13.2. The Labute approximate surface area is 124 Å². The lowest BCUT2D eigenvalue weighted by Gasteiger charge is -2.23. The van der Waals surface area contributed by atoms with Gasteiger partial charge in [-0.1, -0.05) is 55.4 Å². The van der Waals surface area contributed by atoms with E-state index >= 15 is 0 Å². The van der Waals surface area contributed by atoms with E-state index in [0.717, 1.165) is 6.54 Å². The summed E-state index contributed by atoms with van der Waals surface area (Å²) in [4.78, 5) is 0. The summed E-state index contributed by atoms with van der Waals surface area (Å²) in [6, 6.07) is 8.91. The molecule has 0 radical (unpaired) electrons. The Kier molecular flexibility index (Phi) is 5.20. The number of hydrogen-bond donors (Lipinski definition) is 1. The summed E-state index contributed by atoms with van der Waals surface area (Å²) < 4.78 is 5.45. The van der Waals surface area contributed by atoms with E-state index < -0.39 is 0 Å². The number of nitrogens with one attached hydrogen (secondary N) is 1. The first-order valence-corrected chi connectivity index (χ1v) is 7.75. The maximum Gasteiger partial charge on any atom is 0.276 e. The van der Waals surface area contributed by atoms with Crippen LogP contribution in [-0.4, -0.2) is 22.0 Å². The SMILES string of the molecule is CCNC(c1ccc(C)cc1)C(C)Sc1nnc(C)o1. The lowest BCUT2D eigenvalue weighted by Crippen LogP contribution is -2.28. The van der Waals surface area contributed by atoms with E-state index in [4.69, 9.17) is 4.42 Å². The van der Waals surface area contributed by atoms with E-state index in [2.05, 4.69) is 60.6 Å². The second-order valence-corrected chi connectivity index (χ2v) is 6.18. The van der Waals surface area contributed by atoms with Gasteiger partial charge in [-0.15, -0.1) is 10.2 Å². The van der Waals surface area contributed by atoms with Crippen molar-refractivity contribution in [3.8, 4) is 0 Å². The van der Waals surface area contributed by atoms with Crippen molar-refractivity contribution < 1.29 is 4.42 Å². The molecule has 2 aromatic rings. The predicted octanol–water partition coefficient (Wildman–Crippen LogP) is 3.52. The smallest absolute Gasteiger partial charge is 0.276 e. The molecule has 1 aromatic heterocycles. The quantitative estimate of drug-likeness (QED) is 0.825. The molecule has 0 amide bonds. The van der Waals surface area contributed by atoms with Crippen molar-refractivity contribution in [1.82, 2.24) is 15.5 Å². The van der Waals surface area contributed by atoms with Crippen LogP contribution in [0.15, 0.2) is 33.9 Å². The van der Waals surface area contributed by atoms with Gasteiger partial charge in [0.05, 0.1) is 0 Å². The number of thioether (sulfide) groups is 1. The number of rotatable bonds is 6. The highest BCUT2D eigenvalue weighted by Gasteiger charge is 2.21. The predicted molar refractivity (Wildman–Crippen MR) is 82.0 cm³/mol. The zero-order chi connectivity index (χ0) is 14.5. The molecule has 1 aromatic carbocycles. The molecule has 108 valence electrons. The van der Waals surface area contributed by atoms with Crippen LogP contribution in [0.1, 0.15) is 36.9 Å². The van der Waals surface area contributed by atoms with Gasteiger partial charge in [-0.3, -0.25) is 0 Å². The van der Waals surface area contributed by atoms with E-state index in [1.807, 2.05) is 6.92 Å². The Morgan fingerprint density at radius 1 is 1.20 bits per heavy atom. The van der Waals surface area contributed by atoms with Gasteiger partial charge in [0.1, 0.15) is 0 Å². The molecule has 0 aliphatic rings. The van der Waals surface area contributed by atoms with Crippen LogP contribution in [0.5, 0.6) is 0 Å².